The fourth-order valence-electron chi connectivity index (χ4n) is 4.89. The van der Waals surface area contributed by atoms with Crippen molar-refractivity contribution in [3.8, 4) is 11.5 Å². The van der Waals surface area contributed by atoms with Gasteiger partial charge in [-0.2, -0.15) is 0 Å². The number of carbonyl (C=O) groups is 1. The standard InChI is InChI=1S/C30H39N3O3/c1-5-6-7-9-23(24-10-8-11-27-29(24)36-21-35-27)19-28(34)32-26-18-22(12-13-25(26)30(2,3)4)14-16-33-17-15-31-20-33/h8,10-13,15,17-18,20,23H,5-7,9,14,16,19,21H2,1-4H3,(H,32,34). The average molecular weight is 490 g/mol. The van der Waals surface area contributed by atoms with Gasteiger partial charge in [0.15, 0.2) is 11.5 Å². The first-order valence-electron chi connectivity index (χ1n) is 13.1. The minimum absolute atomic E-state index is 0.0327. The van der Waals surface area contributed by atoms with Crippen LogP contribution in [0.3, 0.4) is 0 Å². The molecule has 0 aliphatic carbocycles. The maximum absolute atomic E-state index is 13.5. The van der Waals surface area contributed by atoms with E-state index in [-0.39, 0.29) is 24.0 Å². The fourth-order valence-corrected chi connectivity index (χ4v) is 4.89. The number of carbonyl (C=O) groups excluding carboxylic acids is 1. The molecule has 0 bridgehead atoms. The molecule has 2 aromatic carbocycles. The molecule has 36 heavy (non-hydrogen) atoms. The van der Waals surface area contributed by atoms with Gasteiger partial charge in [0.1, 0.15) is 0 Å². The number of imidazole rings is 1. The first-order chi connectivity index (χ1) is 17.3. The lowest BCUT2D eigenvalue weighted by Crippen LogP contribution is -2.21. The molecule has 2 heterocycles. The number of hydrogen-bond acceptors (Lipinski definition) is 4. The number of nitrogens with zero attached hydrogens (tertiary/aromatic N) is 2. The number of nitrogens with one attached hydrogen (secondary N) is 1. The normalized spacial score (nSPS) is 13.6. The fraction of sp³-hybridized carbons (Fsp3) is 0.467. The first-order valence-corrected chi connectivity index (χ1v) is 13.1. The van der Waals surface area contributed by atoms with Crippen LogP contribution in [0.5, 0.6) is 11.5 Å². The van der Waals surface area contributed by atoms with Crippen molar-refractivity contribution in [3.05, 3.63) is 71.8 Å². The lowest BCUT2D eigenvalue weighted by Gasteiger charge is -2.25. The van der Waals surface area contributed by atoms with Crippen LogP contribution in [-0.4, -0.2) is 22.3 Å². The highest BCUT2D eigenvalue weighted by atomic mass is 16.7. The molecule has 1 N–H and O–H groups in total. The van der Waals surface area contributed by atoms with Gasteiger partial charge in [-0.1, -0.05) is 71.2 Å². The zero-order valence-electron chi connectivity index (χ0n) is 22.0. The van der Waals surface area contributed by atoms with E-state index in [9.17, 15) is 4.79 Å². The molecule has 1 aromatic heterocycles. The van der Waals surface area contributed by atoms with Crippen molar-refractivity contribution in [3.63, 3.8) is 0 Å². The number of unbranched alkanes of at least 4 members (excludes halogenated alkanes) is 2. The van der Waals surface area contributed by atoms with E-state index in [0.717, 1.165) is 67.0 Å². The van der Waals surface area contributed by atoms with E-state index in [1.165, 1.54) is 5.56 Å². The molecule has 1 unspecified atom stereocenters. The van der Waals surface area contributed by atoms with Crippen LogP contribution >= 0.6 is 0 Å². The topological polar surface area (TPSA) is 65.4 Å². The number of rotatable bonds is 11. The van der Waals surface area contributed by atoms with Crippen LogP contribution in [0.4, 0.5) is 5.69 Å². The van der Waals surface area contributed by atoms with Crippen molar-refractivity contribution in [1.82, 2.24) is 9.55 Å². The Morgan fingerprint density at radius 1 is 1.17 bits per heavy atom. The van der Waals surface area contributed by atoms with Gasteiger partial charge in [0.25, 0.3) is 0 Å². The van der Waals surface area contributed by atoms with Gasteiger partial charge in [-0.15, -0.1) is 0 Å². The average Bonchev–Trinajstić information content (AvgIpc) is 3.53. The molecule has 1 atom stereocenters. The van der Waals surface area contributed by atoms with Gasteiger partial charge in [-0.25, -0.2) is 4.98 Å². The van der Waals surface area contributed by atoms with Crippen molar-refractivity contribution in [1.29, 1.82) is 0 Å². The number of aromatic nitrogens is 2. The molecule has 0 radical (unpaired) electrons. The van der Waals surface area contributed by atoms with Gasteiger partial charge in [0.2, 0.25) is 12.7 Å². The summed E-state index contributed by atoms with van der Waals surface area (Å²) in [6.07, 6.45) is 11.2. The van der Waals surface area contributed by atoms with Crippen LogP contribution in [-0.2, 0) is 23.2 Å². The summed E-state index contributed by atoms with van der Waals surface area (Å²) in [6, 6.07) is 12.5. The Balaban J connectivity index is 1.53. The van der Waals surface area contributed by atoms with Crippen LogP contribution in [0, 0.1) is 0 Å². The highest BCUT2D eigenvalue weighted by molar-refractivity contribution is 5.92. The SMILES string of the molecule is CCCCCC(CC(=O)Nc1cc(CCn2ccnc2)ccc1C(C)(C)C)c1cccc2c1OCO2. The molecular formula is C30H39N3O3. The van der Waals surface area contributed by atoms with Crippen molar-refractivity contribution in [2.24, 2.45) is 0 Å². The number of benzene rings is 2. The second-order valence-corrected chi connectivity index (χ2v) is 10.7. The summed E-state index contributed by atoms with van der Waals surface area (Å²) < 4.78 is 13.5. The lowest BCUT2D eigenvalue weighted by molar-refractivity contribution is -0.116. The molecule has 192 valence electrons. The van der Waals surface area contributed by atoms with Gasteiger partial charge in [0, 0.05) is 36.6 Å². The van der Waals surface area contributed by atoms with Crippen molar-refractivity contribution < 1.29 is 14.3 Å². The molecule has 0 saturated carbocycles. The molecule has 0 saturated heterocycles. The highest BCUT2D eigenvalue weighted by Crippen LogP contribution is 2.42. The Hall–Kier alpha value is -3.28. The van der Waals surface area contributed by atoms with Crippen molar-refractivity contribution >= 4 is 11.6 Å². The van der Waals surface area contributed by atoms with Gasteiger partial charge in [-0.3, -0.25) is 4.79 Å². The van der Waals surface area contributed by atoms with Gasteiger partial charge >= 0.3 is 0 Å². The third kappa shape index (κ3) is 6.48. The predicted octanol–water partition coefficient (Wildman–Crippen LogP) is 6.84. The molecule has 1 aliphatic rings. The number of hydrogen-bond donors (Lipinski definition) is 1. The van der Waals surface area contributed by atoms with Crippen LogP contribution in [0.25, 0.3) is 0 Å². The second-order valence-electron chi connectivity index (χ2n) is 10.7. The molecule has 4 rings (SSSR count). The van der Waals surface area contributed by atoms with E-state index in [1.54, 1.807) is 6.20 Å². The van der Waals surface area contributed by atoms with E-state index < -0.39 is 0 Å². The molecule has 6 heteroatoms. The summed E-state index contributed by atoms with van der Waals surface area (Å²) in [5.41, 5.74) is 4.22. The summed E-state index contributed by atoms with van der Waals surface area (Å²) in [7, 11) is 0. The number of amides is 1. The molecule has 1 aliphatic heterocycles. The molecule has 1 amide bonds. The lowest BCUT2D eigenvalue weighted by atomic mass is 9.84. The number of aryl methyl sites for hydroxylation is 2. The second kappa shape index (κ2) is 11.6. The Labute approximate surface area is 215 Å². The van der Waals surface area contributed by atoms with Crippen LogP contribution in [0.15, 0.2) is 55.1 Å². The zero-order valence-corrected chi connectivity index (χ0v) is 22.0. The van der Waals surface area contributed by atoms with Crippen molar-refractivity contribution in [2.75, 3.05) is 12.1 Å². The van der Waals surface area contributed by atoms with Gasteiger partial charge in [-0.05, 0) is 47.4 Å². The summed E-state index contributed by atoms with van der Waals surface area (Å²) >= 11 is 0. The summed E-state index contributed by atoms with van der Waals surface area (Å²) in [4.78, 5) is 17.6. The van der Waals surface area contributed by atoms with Crippen LogP contribution in [0.1, 0.15) is 82.4 Å². The molecule has 0 spiro atoms. The molecular weight excluding hydrogens is 450 g/mol. The number of anilines is 1. The van der Waals surface area contributed by atoms with Gasteiger partial charge in [0.05, 0.1) is 6.33 Å². The smallest absolute Gasteiger partial charge is 0.231 e. The highest BCUT2D eigenvalue weighted by Gasteiger charge is 2.26. The first kappa shape index (κ1) is 25.8. The number of fused-ring (bicyclic) bond motifs is 1. The maximum Gasteiger partial charge on any atom is 0.231 e. The quantitative estimate of drug-likeness (QED) is 0.299. The minimum atomic E-state index is -0.0859. The summed E-state index contributed by atoms with van der Waals surface area (Å²) in [6.45, 7) is 9.83. The summed E-state index contributed by atoms with van der Waals surface area (Å²) in [5.74, 6) is 1.68. The van der Waals surface area contributed by atoms with Crippen LogP contribution < -0.4 is 14.8 Å². The number of para-hydroxylation sites is 1. The van der Waals surface area contributed by atoms with Crippen LogP contribution in [0.2, 0.25) is 0 Å². The predicted molar refractivity (Wildman–Crippen MR) is 144 cm³/mol. The molecule has 0 fully saturated rings. The minimum Gasteiger partial charge on any atom is -0.454 e. The van der Waals surface area contributed by atoms with Gasteiger partial charge < -0.3 is 19.4 Å². The largest absolute Gasteiger partial charge is 0.454 e. The maximum atomic E-state index is 13.5. The molecule has 3 aromatic rings. The monoisotopic (exact) mass is 489 g/mol. The molecule has 6 nitrogen and oxygen atoms in total. The summed E-state index contributed by atoms with van der Waals surface area (Å²) in [5, 5.41) is 3.28. The van der Waals surface area contributed by atoms with Crippen molar-refractivity contribution in [2.45, 2.75) is 84.1 Å². The van der Waals surface area contributed by atoms with E-state index >= 15 is 0 Å². The third-order valence-corrected chi connectivity index (χ3v) is 6.84. The zero-order chi connectivity index (χ0) is 25.5. The Kier molecular flexibility index (Phi) is 8.34. The third-order valence-electron chi connectivity index (χ3n) is 6.84. The van der Waals surface area contributed by atoms with E-state index in [1.807, 2.05) is 24.7 Å². The Bertz CT molecular complexity index is 1150. The van der Waals surface area contributed by atoms with E-state index in [2.05, 4.69) is 66.8 Å². The van der Waals surface area contributed by atoms with E-state index in [0.29, 0.717) is 6.42 Å². The Morgan fingerprint density at radius 3 is 2.78 bits per heavy atom. The number of ether oxygens (including phenoxy) is 2. The Morgan fingerprint density at radius 2 is 2.03 bits per heavy atom. The van der Waals surface area contributed by atoms with E-state index in [4.69, 9.17) is 9.47 Å².